The summed E-state index contributed by atoms with van der Waals surface area (Å²) >= 11 is 1.30. The van der Waals surface area contributed by atoms with Crippen LogP contribution in [-0.4, -0.2) is 30.0 Å². The van der Waals surface area contributed by atoms with Crippen LogP contribution in [0.15, 0.2) is 60.0 Å². The molecule has 3 aromatic rings. The van der Waals surface area contributed by atoms with E-state index >= 15 is 0 Å². The number of nitro benzene ring substituents is 1. The fourth-order valence-electron chi connectivity index (χ4n) is 2.81. The van der Waals surface area contributed by atoms with E-state index in [1.54, 1.807) is 23.6 Å². The number of thiophene rings is 1. The summed E-state index contributed by atoms with van der Waals surface area (Å²) < 4.78 is 23.7. The summed E-state index contributed by atoms with van der Waals surface area (Å²) in [6.45, 7) is 1.38. The van der Waals surface area contributed by atoms with Gasteiger partial charge in [-0.2, -0.15) is 0 Å². The van der Waals surface area contributed by atoms with Crippen LogP contribution in [0.1, 0.15) is 17.4 Å². The highest BCUT2D eigenvalue weighted by molar-refractivity contribution is 7.11. The average molecular weight is 470 g/mol. The first-order valence-corrected chi connectivity index (χ1v) is 10.5. The van der Waals surface area contributed by atoms with Gasteiger partial charge in [-0.3, -0.25) is 14.9 Å². The highest BCUT2D eigenvalue weighted by atomic mass is 32.1. The van der Waals surface area contributed by atoms with Crippen molar-refractivity contribution in [3.8, 4) is 5.75 Å². The van der Waals surface area contributed by atoms with Crippen LogP contribution in [0.4, 0.5) is 15.8 Å². The lowest BCUT2D eigenvalue weighted by Crippen LogP contribution is -2.30. The molecule has 1 heterocycles. The molecule has 1 aromatic heterocycles. The van der Waals surface area contributed by atoms with Crippen molar-refractivity contribution in [3.63, 3.8) is 0 Å². The molecular formula is C23H19FN2O6S. The van der Waals surface area contributed by atoms with Gasteiger partial charge >= 0.3 is 5.97 Å². The predicted octanol–water partition coefficient (Wildman–Crippen LogP) is 4.92. The third kappa shape index (κ3) is 6.01. The zero-order valence-corrected chi connectivity index (χ0v) is 18.4. The molecule has 0 fully saturated rings. The summed E-state index contributed by atoms with van der Waals surface area (Å²) in [6, 6.07) is 12.8. The van der Waals surface area contributed by atoms with Crippen LogP contribution in [0.5, 0.6) is 5.75 Å². The van der Waals surface area contributed by atoms with Gasteiger partial charge in [-0.25, -0.2) is 9.18 Å². The van der Waals surface area contributed by atoms with E-state index in [0.717, 1.165) is 6.07 Å². The molecule has 0 aliphatic heterocycles. The minimum absolute atomic E-state index is 0.0694. The largest absolute Gasteiger partial charge is 0.495 e. The molecule has 10 heteroatoms. The average Bonchev–Trinajstić information content (AvgIpc) is 3.33. The van der Waals surface area contributed by atoms with E-state index in [1.165, 1.54) is 61.8 Å². The number of nitrogens with one attached hydrogen (secondary N) is 1. The van der Waals surface area contributed by atoms with E-state index in [4.69, 9.17) is 9.47 Å². The zero-order valence-electron chi connectivity index (χ0n) is 17.6. The van der Waals surface area contributed by atoms with Crippen molar-refractivity contribution in [2.75, 3.05) is 12.4 Å². The fourth-order valence-corrected chi connectivity index (χ4v) is 3.54. The number of nitrogens with zero attached hydrogens (tertiary/aromatic N) is 1. The zero-order chi connectivity index (χ0) is 24.0. The van der Waals surface area contributed by atoms with Gasteiger partial charge < -0.3 is 14.8 Å². The summed E-state index contributed by atoms with van der Waals surface area (Å²) in [5.74, 6) is -1.65. The Kier molecular flexibility index (Phi) is 7.52. The van der Waals surface area contributed by atoms with Crippen molar-refractivity contribution in [2.24, 2.45) is 0 Å². The summed E-state index contributed by atoms with van der Waals surface area (Å²) in [7, 11) is 1.35. The van der Waals surface area contributed by atoms with E-state index in [1.807, 2.05) is 0 Å². The van der Waals surface area contributed by atoms with Crippen LogP contribution in [0, 0.1) is 15.9 Å². The first kappa shape index (κ1) is 23.6. The number of hydrogen-bond donors (Lipinski definition) is 1. The summed E-state index contributed by atoms with van der Waals surface area (Å²) in [5.41, 5.74) is 0.609. The van der Waals surface area contributed by atoms with Crippen molar-refractivity contribution in [1.82, 2.24) is 0 Å². The van der Waals surface area contributed by atoms with Gasteiger partial charge in [0.25, 0.3) is 11.6 Å². The number of non-ortho nitro benzene ring substituents is 1. The first-order valence-electron chi connectivity index (χ1n) is 9.64. The molecule has 33 heavy (non-hydrogen) atoms. The molecule has 3 rings (SSSR count). The van der Waals surface area contributed by atoms with Gasteiger partial charge in [-0.05, 0) is 48.2 Å². The monoisotopic (exact) mass is 470 g/mol. The van der Waals surface area contributed by atoms with Gasteiger partial charge in [-0.1, -0.05) is 18.2 Å². The number of rotatable bonds is 8. The summed E-state index contributed by atoms with van der Waals surface area (Å²) in [4.78, 5) is 36.6. The van der Waals surface area contributed by atoms with Crippen molar-refractivity contribution in [1.29, 1.82) is 0 Å². The molecule has 2 aromatic carbocycles. The lowest BCUT2D eigenvalue weighted by Gasteiger charge is -2.16. The van der Waals surface area contributed by atoms with Gasteiger partial charge in [0.05, 0.1) is 23.3 Å². The highest BCUT2D eigenvalue weighted by Crippen LogP contribution is 2.29. The smallest absolute Gasteiger partial charge is 0.340 e. The molecule has 0 spiro atoms. The molecule has 0 radical (unpaired) electrons. The lowest BCUT2D eigenvalue weighted by molar-refractivity contribution is -0.384. The third-order valence-electron chi connectivity index (χ3n) is 4.49. The van der Waals surface area contributed by atoms with Crippen LogP contribution in [0.25, 0.3) is 11.6 Å². The minimum Gasteiger partial charge on any atom is -0.495 e. The Morgan fingerprint density at radius 1 is 1.18 bits per heavy atom. The molecular weight excluding hydrogens is 451 g/mol. The maximum Gasteiger partial charge on any atom is 0.340 e. The number of anilines is 1. The molecule has 0 saturated heterocycles. The van der Waals surface area contributed by atoms with Gasteiger partial charge in [0, 0.05) is 17.0 Å². The van der Waals surface area contributed by atoms with E-state index in [-0.39, 0.29) is 22.7 Å². The van der Waals surface area contributed by atoms with Gasteiger partial charge in [0.15, 0.2) is 6.10 Å². The lowest BCUT2D eigenvalue weighted by atomic mass is 10.1. The number of hydrogen-bond acceptors (Lipinski definition) is 7. The second kappa shape index (κ2) is 10.5. The highest BCUT2D eigenvalue weighted by Gasteiger charge is 2.24. The Balaban J connectivity index is 1.79. The Morgan fingerprint density at radius 3 is 2.52 bits per heavy atom. The quantitative estimate of drug-likeness (QED) is 0.217. The number of ether oxygens (including phenoxy) is 2. The Bertz CT molecular complexity index is 1190. The van der Waals surface area contributed by atoms with Crippen molar-refractivity contribution in [3.05, 3.63) is 86.3 Å². The molecule has 8 nitrogen and oxygen atoms in total. The number of esters is 1. The van der Waals surface area contributed by atoms with Gasteiger partial charge in [-0.15, -0.1) is 11.3 Å². The second-order valence-corrected chi connectivity index (χ2v) is 7.71. The number of carbonyl (C=O) groups is 2. The maximum absolute atomic E-state index is 13.2. The molecule has 0 unspecified atom stereocenters. The number of amides is 1. The number of carbonyl (C=O) groups excluding carboxylic acids is 2. The molecule has 1 N–H and O–H groups in total. The molecule has 0 aliphatic carbocycles. The van der Waals surface area contributed by atoms with Gasteiger partial charge in [0.1, 0.15) is 11.6 Å². The summed E-state index contributed by atoms with van der Waals surface area (Å²) in [6.07, 6.45) is 0.319. The van der Waals surface area contributed by atoms with Crippen molar-refractivity contribution in [2.45, 2.75) is 13.0 Å². The predicted molar refractivity (Wildman–Crippen MR) is 122 cm³/mol. The minimum atomic E-state index is -1.22. The van der Waals surface area contributed by atoms with Crippen LogP contribution in [-0.2, 0) is 14.3 Å². The topological polar surface area (TPSA) is 108 Å². The molecule has 0 bridgehead atoms. The SMILES string of the molecule is COc1ccc([N+](=O)[O-])cc1NC(=O)[C@@H](C)OC(=O)/C(=C/c1ccc(F)cc1)c1cccs1. The standard InChI is InChI=1S/C23H19FN2O6S/c1-14(22(27)25-19-13-17(26(29)30)9-10-20(19)31-2)32-23(28)18(21-4-3-11-33-21)12-15-5-7-16(24)8-6-15/h3-14H,1-2H3,(H,25,27)/b18-12+/t14-/m1/s1. The van der Waals surface area contributed by atoms with E-state index in [0.29, 0.717) is 10.4 Å². The Morgan fingerprint density at radius 2 is 1.91 bits per heavy atom. The molecule has 1 amide bonds. The Labute approximate surface area is 192 Å². The van der Waals surface area contributed by atoms with Crippen LogP contribution < -0.4 is 10.1 Å². The number of benzene rings is 2. The third-order valence-corrected chi connectivity index (χ3v) is 5.40. The van der Waals surface area contributed by atoms with Crippen molar-refractivity contribution >= 4 is 46.2 Å². The first-order chi connectivity index (χ1) is 15.8. The molecule has 0 aliphatic rings. The van der Waals surface area contributed by atoms with Crippen LogP contribution in [0.3, 0.4) is 0 Å². The van der Waals surface area contributed by atoms with Crippen LogP contribution >= 0.6 is 11.3 Å². The number of methoxy groups -OCH3 is 1. The Hall–Kier alpha value is -4.05. The summed E-state index contributed by atoms with van der Waals surface area (Å²) in [5, 5.41) is 15.3. The van der Waals surface area contributed by atoms with Crippen molar-refractivity contribution < 1.29 is 28.4 Å². The normalized spacial score (nSPS) is 12.0. The van der Waals surface area contributed by atoms with E-state index in [9.17, 15) is 24.1 Å². The number of nitro groups is 1. The van der Waals surface area contributed by atoms with Crippen LogP contribution in [0.2, 0.25) is 0 Å². The van der Waals surface area contributed by atoms with Gasteiger partial charge in [0.2, 0.25) is 0 Å². The second-order valence-electron chi connectivity index (χ2n) is 6.77. The molecule has 0 saturated carbocycles. The van der Waals surface area contributed by atoms with E-state index in [2.05, 4.69) is 5.32 Å². The fraction of sp³-hybridized carbons (Fsp3) is 0.130. The number of halogens is 1. The maximum atomic E-state index is 13.2. The van der Waals surface area contributed by atoms with E-state index < -0.39 is 28.7 Å². The molecule has 170 valence electrons. The molecule has 1 atom stereocenters.